The molecule has 5 nitrogen and oxygen atoms in total. The van der Waals surface area contributed by atoms with Crippen LogP contribution in [0.3, 0.4) is 0 Å². The summed E-state index contributed by atoms with van der Waals surface area (Å²) in [4.78, 5) is 17.6. The van der Waals surface area contributed by atoms with E-state index in [0.29, 0.717) is 34.3 Å². The van der Waals surface area contributed by atoms with Gasteiger partial charge in [0, 0.05) is 12.3 Å². The van der Waals surface area contributed by atoms with E-state index in [1.165, 1.54) is 11.8 Å². The van der Waals surface area contributed by atoms with Crippen LogP contribution in [0.4, 0.5) is 0 Å². The highest BCUT2D eigenvalue weighted by Gasteiger charge is 2.15. The van der Waals surface area contributed by atoms with Crippen molar-refractivity contribution in [2.75, 3.05) is 12.4 Å². The van der Waals surface area contributed by atoms with Gasteiger partial charge in [0.15, 0.2) is 5.16 Å². The number of aryl methyl sites for hydroxylation is 1. The molecule has 0 aliphatic carbocycles. The fraction of sp³-hybridized carbons (Fsp3) is 0.364. The predicted molar refractivity (Wildman–Crippen MR) is 114 cm³/mol. The Balaban J connectivity index is 1.72. The summed E-state index contributed by atoms with van der Waals surface area (Å²) in [7, 11) is 0. The molecule has 0 aliphatic rings. The minimum Gasteiger partial charge on any atom is -0.491 e. The van der Waals surface area contributed by atoms with Crippen molar-refractivity contribution >= 4 is 22.7 Å². The van der Waals surface area contributed by atoms with E-state index in [0.717, 1.165) is 11.3 Å². The smallest absolute Gasteiger partial charge is 0.262 e. The number of nitrogens with zero attached hydrogens (tertiary/aromatic N) is 2. The molecule has 0 radical (unpaired) electrons. The van der Waals surface area contributed by atoms with Crippen molar-refractivity contribution in [1.82, 2.24) is 9.55 Å². The summed E-state index contributed by atoms with van der Waals surface area (Å²) in [6.07, 6.45) is -0.665. The lowest BCUT2D eigenvalue weighted by Crippen LogP contribution is -2.26. The molecule has 2 aromatic carbocycles. The first-order valence-electron chi connectivity index (χ1n) is 9.44. The standard InChI is InChI=1S/C22H26N2O3S/c1-15(2)12-24-21(26)19-9-4-5-10-20(19)23-22(24)28-14-17(25)13-27-18-8-6-7-16(3)11-18/h4-11,15,17,25H,12-14H2,1-3H3/t17-/m1/s1. The van der Waals surface area contributed by atoms with Gasteiger partial charge in [0.25, 0.3) is 5.56 Å². The van der Waals surface area contributed by atoms with E-state index < -0.39 is 6.10 Å². The van der Waals surface area contributed by atoms with E-state index in [9.17, 15) is 9.90 Å². The summed E-state index contributed by atoms with van der Waals surface area (Å²) in [5.41, 5.74) is 1.76. The fourth-order valence-electron chi connectivity index (χ4n) is 2.90. The number of benzene rings is 2. The van der Waals surface area contributed by atoms with E-state index in [1.54, 1.807) is 10.6 Å². The highest BCUT2D eigenvalue weighted by Crippen LogP contribution is 2.20. The van der Waals surface area contributed by atoms with Crippen LogP contribution in [0.2, 0.25) is 0 Å². The van der Waals surface area contributed by atoms with Crippen LogP contribution >= 0.6 is 11.8 Å². The third kappa shape index (κ3) is 5.14. The Bertz CT molecular complexity index is 1000. The monoisotopic (exact) mass is 398 g/mol. The van der Waals surface area contributed by atoms with Gasteiger partial charge >= 0.3 is 0 Å². The first kappa shape index (κ1) is 20.4. The Labute approximate surface area is 169 Å². The van der Waals surface area contributed by atoms with Crippen LogP contribution in [0.25, 0.3) is 10.9 Å². The highest BCUT2D eigenvalue weighted by atomic mass is 32.2. The van der Waals surface area contributed by atoms with Crippen molar-refractivity contribution in [3.63, 3.8) is 0 Å². The van der Waals surface area contributed by atoms with Crippen molar-refractivity contribution in [2.45, 2.75) is 38.6 Å². The van der Waals surface area contributed by atoms with Crippen LogP contribution in [-0.2, 0) is 6.54 Å². The van der Waals surface area contributed by atoms with E-state index in [4.69, 9.17) is 4.74 Å². The second-order valence-corrected chi connectivity index (χ2v) is 8.30. The van der Waals surface area contributed by atoms with Gasteiger partial charge in [0.05, 0.1) is 17.0 Å². The third-order valence-electron chi connectivity index (χ3n) is 4.21. The maximum Gasteiger partial charge on any atom is 0.262 e. The summed E-state index contributed by atoms with van der Waals surface area (Å²) < 4.78 is 7.39. The number of hydrogen-bond acceptors (Lipinski definition) is 5. The first-order valence-corrected chi connectivity index (χ1v) is 10.4. The Morgan fingerprint density at radius 3 is 2.71 bits per heavy atom. The number of aliphatic hydroxyl groups excluding tert-OH is 1. The Morgan fingerprint density at radius 1 is 1.18 bits per heavy atom. The van der Waals surface area contributed by atoms with Gasteiger partial charge in [0.2, 0.25) is 0 Å². The SMILES string of the molecule is Cc1cccc(OC[C@@H](O)CSc2nc3ccccc3c(=O)n2CC(C)C)c1. The lowest BCUT2D eigenvalue weighted by Gasteiger charge is -2.16. The number of ether oxygens (including phenoxy) is 1. The molecule has 0 aliphatic heterocycles. The van der Waals surface area contributed by atoms with Crippen molar-refractivity contribution in [1.29, 1.82) is 0 Å². The lowest BCUT2D eigenvalue weighted by molar-refractivity contribution is 0.126. The van der Waals surface area contributed by atoms with Crippen molar-refractivity contribution < 1.29 is 9.84 Å². The van der Waals surface area contributed by atoms with Gasteiger partial charge in [-0.15, -0.1) is 0 Å². The maximum atomic E-state index is 12.9. The number of thioether (sulfide) groups is 1. The second kappa shape index (κ2) is 9.26. The Kier molecular flexibility index (Phi) is 6.75. The van der Waals surface area contributed by atoms with E-state index in [-0.39, 0.29) is 12.2 Å². The summed E-state index contributed by atoms with van der Waals surface area (Å²) in [6.45, 7) is 6.92. The number of aliphatic hydroxyl groups is 1. The number of rotatable bonds is 8. The van der Waals surface area contributed by atoms with Gasteiger partial charge in [-0.05, 0) is 42.7 Å². The van der Waals surface area contributed by atoms with Crippen molar-refractivity contribution in [2.24, 2.45) is 5.92 Å². The number of aromatic nitrogens is 2. The average molecular weight is 399 g/mol. The second-order valence-electron chi connectivity index (χ2n) is 7.31. The number of para-hydroxylation sites is 1. The van der Waals surface area contributed by atoms with Crippen molar-refractivity contribution in [3.8, 4) is 5.75 Å². The largest absolute Gasteiger partial charge is 0.491 e. The zero-order valence-electron chi connectivity index (χ0n) is 16.5. The van der Waals surface area contributed by atoms with Crippen LogP contribution in [0.15, 0.2) is 58.5 Å². The number of fused-ring (bicyclic) bond motifs is 1. The quantitative estimate of drug-likeness (QED) is 0.461. The van der Waals surface area contributed by atoms with Gasteiger partial charge in [-0.2, -0.15) is 0 Å². The normalized spacial score (nSPS) is 12.5. The predicted octanol–water partition coefficient (Wildman–Crippen LogP) is 3.89. The summed E-state index contributed by atoms with van der Waals surface area (Å²) >= 11 is 1.39. The molecular formula is C22H26N2O3S. The molecule has 0 spiro atoms. The fourth-order valence-corrected chi connectivity index (χ4v) is 3.81. The average Bonchev–Trinajstić information content (AvgIpc) is 2.67. The van der Waals surface area contributed by atoms with Gasteiger partial charge in [-0.3, -0.25) is 9.36 Å². The zero-order valence-corrected chi connectivity index (χ0v) is 17.3. The van der Waals surface area contributed by atoms with E-state index in [2.05, 4.69) is 18.8 Å². The molecule has 3 aromatic rings. The van der Waals surface area contributed by atoms with Crippen molar-refractivity contribution in [3.05, 3.63) is 64.4 Å². The lowest BCUT2D eigenvalue weighted by atomic mass is 10.2. The molecule has 1 N–H and O–H groups in total. The van der Waals surface area contributed by atoms with Gasteiger partial charge in [-0.25, -0.2) is 4.98 Å². The number of hydrogen-bond donors (Lipinski definition) is 1. The minimum absolute atomic E-state index is 0.0349. The van der Waals surface area contributed by atoms with E-state index >= 15 is 0 Å². The molecule has 0 fully saturated rings. The van der Waals surface area contributed by atoms with Gasteiger partial charge in [-0.1, -0.05) is 49.9 Å². The van der Waals surface area contributed by atoms with Crippen LogP contribution in [-0.4, -0.2) is 33.1 Å². The molecule has 148 valence electrons. The molecule has 6 heteroatoms. The topological polar surface area (TPSA) is 64.3 Å². The van der Waals surface area contributed by atoms with Crippen LogP contribution in [0.1, 0.15) is 19.4 Å². The molecule has 0 unspecified atom stereocenters. The molecule has 1 atom stereocenters. The van der Waals surface area contributed by atoms with Gasteiger partial charge < -0.3 is 9.84 Å². The zero-order chi connectivity index (χ0) is 20.1. The maximum absolute atomic E-state index is 12.9. The van der Waals surface area contributed by atoms with Crippen LogP contribution in [0.5, 0.6) is 5.75 Å². The molecule has 1 heterocycles. The molecule has 0 saturated carbocycles. The minimum atomic E-state index is -0.665. The molecular weight excluding hydrogens is 372 g/mol. The third-order valence-corrected chi connectivity index (χ3v) is 5.33. The molecule has 0 saturated heterocycles. The molecule has 0 bridgehead atoms. The molecule has 28 heavy (non-hydrogen) atoms. The molecule has 3 rings (SSSR count). The van der Waals surface area contributed by atoms with Gasteiger partial charge in [0.1, 0.15) is 12.4 Å². The molecule has 1 aromatic heterocycles. The molecule has 0 amide bonds. The van der Waals surface area contributed by atoms with E-state index in [1.807, 2.05) is 49.4 Å². The Hall–Kier alpha value is -2.31. The Morgan fingerprint density at radius 2 is 1.96 bits per heavy atom. The summed E-state index contributed by atoms with van der Waals surface area (Å²) in [5.74, 6) is 1.45. The highest BCUT2D eigenvalue weighted by molar-refractivity contribution is 7.99. The van der Waals surface area contributed by atoms with Crippen LogP contribution < -0.4 is 10.3 Å². The van der Waals surface area contributed by atoms with Crippen LogP contribution in [0, 0.1) is 12.8 Å². The first-order chi connectivity index (χ1) is 13.4. The summed E-state index contributed by atoms with van der Waals surface area (Å²) in [5, 5.41) is 11.6. The summed E-state index contributed by atoms with van der Waals surface area (Å²) in [6, 6.07) is 15.1.